The molecular formula is C22H31O2PS2. The summed E-state index contributed by atoms with van der Waals surface area (Å²) in [5.74, 6) is 1.38. The van der Waals surface area contributed by atoms with Crippen LogP contribution in [0.1, 0.15) is 65.5 Å². The smallest absolute Gasteiger partial charge is 0.345 e. The van der Waals surface area contributed by atoms with Gasteiger partial charge >= 0.3 is 5.69 Å². The first kappa shape index (κ1) is 22.3. The summed E-state index contributed by atoms with van der Waals surface area (Å²) in [7, 11) is 0. The fourth-order valence-corrected chi connectivity index (χ4v) is 4.52. The highest BCUT2D eigenvalue weighted by Crippen LogP contribution is 2.53. The molecule has 0 saturated carbocycles. The van der Waals surface area contributed by atoms with Gasteiger partial charge < -0.3 is 9.05 Å². The average Bonchev–Trinajstić information content (AvgIpc) is 2.62. The Morgan fingerprint density at radius 2 is 1.04 bits per heavy atom. The van der Waals surface area contributed by atoms with Crippen LogP contribution in [0.5, 0.6) is 11.5 Å². The molecule has 27 heavy (non-hydrogen) atoms. The molecule has 0 bridgehead atoms. The Kier molecular flexibility index (Phi) is 7.11. The molecule has 0 radical (unpaired) electrons. The van der Waals surface area contributed by atoms with Crippen molar-refractivity contribution >= 4 is 29.7 Å². The first-order valence-electron chi connectivity index (χ1n) is 9.42. The topological polar surface area (TPSA) is 18.5 Å². The lowest BCUT2D eigenvalue weighted by atomic mass is 9.82. The highest BCUT2D eigenvalue weighted by molar-refractivity contribution is 8.60. The number of benzene rings is 2. The van der Waals surface area contributed by atoms with Crippen molar-refractivity contribution in [2.24, 2.45) is 0 Å². The van der Waals surface area contributed by atoms with Gasteiger partial charge in [-0.1, -0.05) is 78.1 Å². The summed E-state index contributed by atoms with van der Waals surface area (Å²) in [6.07, 6.45) is 2.15. The molecule has 2 aromatic rings. The van der Waals surface area contributed by atoms with Gasteiger partial charge in [0.2, 0.25) is 0 Å². The molecule has 0 aromatic heterocycles. The quantitative estimate of drug-likeness (QED) is 0.348. The average molecular weight is 423 g/mol. The third kappa shape index (κ3) is 6.01. The zero-order chi connectivity index (χ0) is 20.3. The maximum Gasteiger partial charge on any atom is 0.345 e. The van der Waals surface area contributed by atoms with Gasteiger partial charge in [-0.25, -0.2) is 0 Å². The Hall–Kier alpha value is -0.960. The molecule has 0 atom stereocenters. The standard InChI is InChI=1S/C22H31O2PS2/c1-7-21(3,4)17-9-13-19(14-10-17)23-25(26,27)24-20-15-11-18(12-16-20)22(5,6)8-2/h9-16H,7-8H2,1-6H3,(H,26,27). The molecule has 5 heteroatoms. The van der Waals surface area contributed by atoms with Crippen LogP contribution in [0.25, 0.3) is 0 Å². The Bertz CT molecular complexity index is 731. The zero-order valence-corrected chi connectivity index (χ0v) is 19.8. The molecular weight excluding hydrogens is 391 g/mol. The van der Waals surface area contributed by atoms with E-state index in [1.807, 2.05) is 24.3 Å². The molecule has 0 aliphatic carbocycles. The van der Waals surface area contributed by atoms with Crippen molar-refractivity contribution < 1.29 is 9.05 Å². The normalized spacial score (nSPS) is 12.7. The van der Waals surface area contributed by atoms with Crippen molar-refractivity contribution in [1.82, 2.24) is 0 Å². The molecule has 0 heterocycles. The first-order chi connectivity index (χ1) is 12.5. The summed E-state index contributed by atoms with van der Waals surface area (Å²) in [6, 6.07) is 16.1. The summed E-state index contributed by atoms with van der Waals surface area (Å²) in [6.45, 7) is 13.3. The van der Waals surface area contributed by atoms with E-state index >= 15 is 0 Å². The van der Waals surface area contributed by atoms with Gasteiger partial charge in [0.25, 0.3) is 0 Å². The monoisotopic (exact) mass is 422 g/mol. The fraction of sp³-hybridized carbons (Fsp3) is 0.455. The van der Waals surface area contributed by atoms with Crippen LogP contribution >= 0.6 is 17.9 Å². The first-order valence-corrected chi connectivity index (χ1v) is 13.2. The Morgan fingerprint density at radius 3 is 1.30 bits per heavy atom. The van der Waals surface area contributed by atoms with Crippen LogP contribution in [-0.4, -0.2) is 0 Å². The van der Waals surface area contributed by atoms with E-state index in [1.165, 1.54) is 11.1 Å². The largest absolute Gasteiger partial charge is 0.428 e. The zero-order valence-electron chi connectivity index (χ0n) is 17.2. The second-order valence-electron chi connectivity index (χ2n) is 8.17. The lowest BCUT2D eigenvalue weighted by Gasteiger charge is -2.25. The molecule has 0 N–H and O–H groups in total. The number of hydrogen-bond donors (Lipinski definition) is 1. The number of hydrogen-bond acceptors (Lipinski definition) is 3. The highest BCUT2D eigenvalue weighted by Gasteiger charge is 2.21. The Labute approximate surface area is 175 Å². The summed E-state index contributed by atoms with van der Waals surface area (Å²) in [5, 5.41) is 0. The molecule has 0 amide bonds. The van der Waals surface area contributed by atoms with Crippen LogP contribution in [0.2, 0.25) is 0 Å². The van der Waals surface area contributed by atoms with E-state index in [-0.39, 0.29) is 10.8 Å². The minimum atomic E-state index is -2.73. The summed E-state index contributed by atoms with van der Waals surface area (Å²) in [5.41, 5.74) is 0.107. The predicted octanol–water partition coefficient (Wildman–Crippen LogP) is 7.67. The lowest BCUT2D eigenvalue weighted by Crippen LogP contribution is -2.15. The molecule has 2 aromatic carbocycles. The van der Waals surface area contributed by atoms with Crippen molar-refractivity contribution in [1.29, 1.82) is 0 Å². The second kappa shape index (κ2) is 8.59. The van der Waals surface area contributed by atoms with Gasteiger partial charge in [-0.05, 0) is 70.9 Å². The van der Waals surface area contributed by atoms with E-state index in [2.05, 4.69) is 78.1 Å². The van der Waals surface area contributed by atoms with E-state index in [9.17, 15) is 0 Å². The summed E-state index contributed by atoms with van der Waals surface area (Å²) in [4.78, 5) is 0. The maximum atomic E-state index is 5.89. The lowest BCUT2D eigenvalue weighted by molar-refractivity contribution is 0.495. The van der Waals surface area contributed by atoms with Crippen LogP contribution in [0.4, 0.5) is 0 Å². The maximum absolute atomic E-state index is 5.89. The highest BCUT2D eigenvalue weighted by atomic mass is 32.9. The van der Waals surface area contributed by atoms with Gasteiger partial charge in [-0.3, -0.25) is 0 Å². The summed E-state index contributed by atoms with van der Waals surface area (Å²) >= 11 is 9.99. The number of thiol groups is 1. The van der Waals surface area contributed by atoms with Gasteiger partial charge in [0, 0.05) is 0 Å². The van der Waals surface area contributed by atoms with Crippen molar-refractivity contribution in [3.8, 4) is 11.5 Å². The molecule has 2 nitrogen and oxygen atoms in total. The van der Waals surface area contributed by atoms with Crippen LogP contribution < -0.4 is 9.05 Å². The molecule has 0 unspecified atom stereocenters. The predicted molar refractivity (Wildman–Crippen MR) is 124 cm³/mol. The van der Waals surface area contributed by atoms with Gasteiger partial charge in [0.1, 0.15) is 11.5 Å². The molecule has 148 valence electrons. The van der Waals surface area contributed by atoms with Crippen LogP contribution in [0.3, 0.4) is 0 Å². The third-order valence-electron chi connectivity index (χ3n) is 5.48. The van der Waals surface area contributed by atoms with E-state index < -0.39 is 5.69 Å². The molecule has 0 fully saturated rings. The van der Waals surface area contributed by atoms with Crippen LogP contribution in [0, 0.1) is 0 Å². The molecule has 0 spiro atoms. The van der Waals surface area contributed by atoms with E-state index in [4.69, 9.17) is 20.9 Å². The Balaban J connectivity index is 2.08. The second-order valence-corrected chi connectivity index (χ2v) is 13.3. The summed E-state index contributed by atoms with van der Waals surface area (Å²) < 4.78 is 11.8. The van der Waals surface area contributed by atoms with Gasteiger partial charge in [0.05, 0.1) is 0 Å². The fourth-order valence-electron chi connectivity index (χ4n) is 2.63. The van der Waals surface area contributed by atoms with E-state index in [0.29, 0.717) is 11.5 Å². The third-order valence-corrected chi connectivity index (χ3v) is 7.30. The van der Waals surface area contributed by atoms with Gasteiger partial charge in [-0.2, -0.15) is 0 Å². The minimum Gasteiger partial charge on any atom is -0.428 e. The molecule has 2 rings (SSSR count). The van der Waals surface area contributed by atoms with Gasteiger partial charge in [0.15, 0.2) is 0 Å². The van der Waals surface area contributed by atoms with Crippen molar-refractivity contribution in [3.05, 3.63) is 59.7 Å². The molecule has 0 aliphatic rings. The van der Waals surface area contributed by atoms with Crippen molar-refractivity contribution in [2.45, 2.75) is 65.2 Å². The number of rotatable bonds is 8. The molecule has 0 aliphatic heterocycles. The SMILES string of the molecule is CCC(C)(C)c1ccc(OP(=S)(S)Oc2ccc(C(C)(C)CC)cc2)cc1. The van der Waals surface area contributed by atoms with E-state index in [0.717, 1.165) is 12.8 Å². The van der Waals surface area contributed by atoms with Crippen molar-refractivity contribution in [3.63, 3.8) is 0 Å². The Morgan fingerprint density at radius 1 is 0.741 bits per heavy atom. The van der Waals surface area contributed by atoms with Gasteiger partial charge in [-0.15, -0.1) is 0 Å². The van der Waals surface area contributed by atoms with Crippen molar-refractivity contribution in [2.75, 3.05) is 0 Å². The minimum absolute atomic E-state index is 0.143. The van der Waals surface area contributed by atoms with E-state index in [1.54, 1.807) is 0 Å². The van der Waals surface area contributed by atoms with Crippen LogP contribution in [-0.2, 0) is 22.6 Å². The molecule has 0 saturated heterocycles. The van der Waals surface area contributed by atoms with Crippen LogP contribution in [0.15, 0.2) is 48.5 Å².